The fourth-order valence-electron chi connectivity index (χ4n) is 2.81. The maximum atomic E-state index is 12.5. The van der Waals surface area contributed by atoms with E-state index in [0.717, 1.165) is 36.9 Å². The number of anilines is 1. The Balaban J connectivity index is 2.06. The Kier molecular flexibility index (Phi) is 5.56. The van der Waals surface area contributed by atoms with E-state index in [2.05, 4.69) is 5.32 Å². The molecule has 1 fully saturated rings. The summed E-state index contributed by atoms with van der Waals surface area (Å²) in [6.45, 7) is 0.493. The summed E-state index contributed by atoms with van der Waals surface area (Å²) in [6.07, 6.45) is 5.23. The van der Waals surface area contributed by atoms with Crippen LogP contribution in [0.1, 0.15) is 37.7 Å². The molecule has 4 nitrogen and oxygen atoms in total. The monoisotopic (exact) mass is 276 g/mol. The van der Waals surface area contributed by atoms with E-state index < -0.39 is 0 Å². The van der Waals surface area contributed by atoms with Gasteiger partial charge in [0.15, 0.2) is 0 Å². The maximum Gasteiger partial charge on any atom is 0.229 e. The smallest absolute Gasteiger partial charge is 0.229 e. The van der Waals surface area contributed by atoms with Crippen molar-refractivity contribution in [1.29, 1.82) is 0 Å². The second kappa shape index (κ2) is 7.41. The van der Waals surface area contributed by atoms with Gasteiger partial charge in [-0.25, -0.2) is 0 Å². The highest BCUT2D eigenvalue weighted by Gasteiger charge is 2.27. The zero-order valence-electron chi connectivity index (χ0n) is 12.1. The lowest BCUT2D eigenvalue weighted by Gasteiger charge is -2.21. The third kappa shape index (κ3) is 3.81. The van der Waals surface area contributed by atoms with E-state index in [1.807, 2.05) is 24.3 Å². The number of nitrogens with one attached hydrogen (secondary N) is 1. The molecule has 20 heavy (non-hydrogen) atoms. The van der Waals surface area contributed by atoms with E-state index in [-0.39, 0.29) is 17.9 Å². The SMILES string of the molecule is COCc1ccccc1NC(=O)C1CCCCCC1N. The summed E-state index contributed by atoms with van der Waals surface area (Å²) in [6, 6.07) is 7.72. The van der Waals surface area contributed by atoms with Crippen LogP contribution < -0.4 is 11.1 Å². The van der Waals surface area contributed by atoms with Crippen LogP contribution in [-0.4, -0.2) is 19.1 Å². The van der Waals surface area contributed by atoms with Crippen LogP contribution in [0.3, 0.4) is 0 Å². The Morgan fingerprint density at radius 1 is 1.30 bits per heavy atom. The molecule has 2 unspecified atom stereocenters. The average Bonchev–Trinajstić information content (AvgIpc) is 2.66. The molecular formula is C16H24N2O2. The van der Waals surface area contributed by atoms with Crippen LogP contribution in [0.4, 0.5) is 5.69 Å². The molecule has 1 aliphatic rings. The predicted octanol–water partition coefficient (Wildman–Crippen LogP) is 2.68. The Morgan fingerprint density at radius 3 is 2.85 bits per heavy atom. The first kappa shape index (κ1) is 15.0. The molecular weight excluding hydrogens is 252 g/mol. The van der Waals surface area contributed by atoms with Crippen molar-refractivity contribution in [3.63, 3.8) is 0 Å². The predicted molar refractivity (Wildman–Crippen MR) is 80.3 cm³/mol. The van der Waals surface area contributed by atoms with Gasteiger partial charge in [-0.3, -0.25) is 4.79 Å². The summed E-state index contributed by atoms with van der Waals surface area (Å²) >= 11 is 0. The summed E-state index contributed by atoms with van der Waals surface area (Å²) in [7, 11) is 1.65. The third-order valence-electron chi connectivity index (χ3n) is 3.98. The molecule has 0 aliphatic heterocycles. The highest BCUT2D eigenvalue weighted by atomic mass is 16.5. The van der Waals surface area contributed by atoms with Gasteiger partial charge in [-0.15, -0.1) is 0 Å². The minimum Gasteiger partial charge on any atom is -0.380 e. The summed E-state index contributed by atoms with van der Waals surface area (Å²) in [5.41, 5.74) is 7.97. The van der Waals surface area contributed by atoms with Crippen LogP contribution >= 0.6 is 0 Å². The molecule has 110 valence electrons. The zero-order valence-corrected chi connectivity index (χ0v) is 12.1. The summed E-state index contributed by atoms with van der Waals surface area (Å²) in [5, 5.41) is 3.02. The van der Waals surface area contributed by atoms with Gasteiger partial charge in [-0.05, 0) is 18.9 Å². The van der Waals surface area contributed by atoms with Crippen molar-refractivity contribution in [3.05, 3.63) is 29.8 Å². The van der Waals surface area contributed by atoms with Crippen molar-refractivity contribution in [2.24, 2.45) is 11.7 Å². The minimum absolute atomic E-state index is 0.0212. The number of hydrogen-bond donors (Lipinski definition) is 2. The number of carbonyl (C=O) groups excluding carboxylic acids is 1. The molecule has 3 N–H and O–H groups in total. The van der Waals surface area contributed by atoms with Gasteiger partial charge in [0.05, 0.1) is 12.5 Å². The van der Waals surface area contributed by atoms with E-state index in [1.165, 1.54) is 6.42 Å². The van der Waals surface area contributed by atoms with Crippen molar-refractivity contribution in [1.82, 2.24) is 0 Å². The van der Waals surface area contributed by atoms with Gasteiger partial charge in [0.2, 0.25) is 5.91 Å². The van der Waals surface area contributed by atoms with Gasteiger partial charge in [-0.2, -0.15) is 0 Å². The average molecular weight is 276 g/mol. The van der Waals surface area contributed by atoms with Crippen LogP contribution in [0.2, 0.25) is 0 Å². The van der Waals surface area contributed by atoms with Gasteiger partial charge >= 0.3 is 0 Å². The lowest BCUT2D eigenvalue weighted by Crippen LogP contribution is -2.38. The molecule has 1 aromatic carbocycles. The summed E-state index contributed by atoms with van der Waals surface area (Å²) in [5.74, 6) is -0.0314. The quantitative estimate of drug-likeness (QED) is 0.831. The zero-order chi connectivity index (χ0) is 14.4. The first-order valence-electron chi connectivity index (χ1n) is 7.35. The van der Waals surface area contributed by atoms with Crippen LogP contribution in [0.15, 0.2) is 24.3 Å². The molecule has 0 aromatic heterocycles. The molecule has 1 aliphatic carbocycles. The van der Waals surface area contributed by atoms with Gasteiger partial charge in [0.1, 0.15) is 0 Å². The second-order valence-electron chi connectivity index (χ2n) is 5.49. The molecule has 4 heteroatoms. The highest BCUT2D eigenvalue weighted by Crippen LogP contribution is 2.24. The number of benzene rings is 1. The van der Waals surface area contributed by atoms with Crippen LogP contribution in [0, 0.1) is 5.92 Å². The molecule has 0 spiro atoms. The second-order valence-corrected chi connectivity index (χ2v) is 5.49. The minimum atomic E-state index is -0.0758. The number of para-hydroxylation sites is 1. The number of methoxy groups -OCH3 is 1. The topological polar surface area (TPSA) is 64.3 Å². The van der Waals surface area contributed by atoms with Gasteiger partial charge in [-0.1, -0.05) is 37.5 Å². The van der Waals surface area contributed by atoms with Crippen molar-refractivity contribution in [2.45, 2.75) is 44.8 Å². The van der Waals surface area contributed by atoms with E-state index >= 15 is 0 Å². The molecule has 0 saturated heterocycles. The Labute approximate surface area is 120 Å². The number of carbonyl (C=O) groups is 1. The van der Waals surface area contributed by atoms with Crippen molar-refractivity contribution >= 4 is 11.6 Å². The van der Waals surface area contributed by atoms with E-state index in [0.29, 0.717) is 6.61 Å². The number of rotatable bonds is 4. The lowest BCUT2D eigenvalue weighted by molar-refractivity contribution is -0.120. The fraction of sp³-hybridized carbons (Fsp3) is 0.562. The van der Waals surface area contributed by atoms with E-state index in [9.17, 15) is 4.79 Å². The molecule has 0 radical (unpaired) electrons. The van der Waals surface area contributed by atoms with Crippen molar-refractivity contribution in [2.75, 3.05) is 12.4 Å². The maximum absolute atomic E-state index is 12.5. The first-order valence-corrected chi connectivity index (χ1v) is 7.35. The number of nitrogens with two attached hydrogens (primary N) is 1. The van der Waals surface area contributed by atoms with E-state index in [4.69, 9.17) is 10.5 Å². The number of hydrogen-bond acceptors (Lipinski definition) is 3. The third-order valence-corrected chi connectivity index (χ3v) is 3.98. The molecule has 1 amide bonds. The van der Waals surface area contributed by atoms with Crippen LogP contribution in [0.5, 0.6) is 0 Å². The van der Waals surface area contributed by atoms with Crippen LogP contribution in [0.25, 0.3) is 0 Å². The van der Waals surface area contributed by atoms with Crippen molar-refractivity contribution in [3.8, 4) is 0 Å². The van der Waals surface area contributed by atoms with Gasteiger partial charge in [0, 0.05) is 24.4 Å². The fourth-order valence-corrected chi connectivity index (χ4v) is 2.81. The highest BCUT2D eigenvalue weighted by molar-refractivity contribution is 5.93. The summed E-state index contributed by atoms with van der Waals surface area (Å²) in [4.78, 5) is 12.5. The molecule has 0 heterocycles. The summed E-state index contributed by atoms with van der Waals surface area (Å²) < 4.78 is 5.16. The molecule has 2 atom stereocenters. The van der Waals surface area contributed by atoms with Gasteiger partial charge in [0.25, 0.3) is 0 Å². The number of ether oxygens (including phenoxy) is 1. The molecule has 2 rings (SSSR count). The van der Waals surface area contributed by atoms with Crippen molar-refractivity contribution < 1.29 is 9.53 Å². The number of amides is 1. The van der Waals surface area contributed by atoms with E-state index in [1.54, 1.807) is 7.11 Å². The Bertz CT molecular complexity index is 448. The Morgan fingerprint density at radius 2 is 2.05 bits per heavy atom. The molecule has 1 saturated carbocycles. The standard InChI is InChI=1S/C16H24N2O2/c1-20-11-12-7-5-6-10-15(12)18-16(19)13-8-3-2-4-9-14(13)17/h5-7,10,13-14H,2-4,8-9,11,17H2,1H3,(H,18,19). The molecule has 0 bridgehead atoms. The Hall–Kier alpha value is -1.39. The molecule has 1 aromatic rings. The lowest BCUT2D eigenvalue weighted by atomic mass is 9.94. The normalized spacial score (nSPS) is 23.1. The largest absolute Gasteiger partial charge is 0.380 e. The first-order chi connectivity index (χ1) is 9.72. The van der Waals surface area contributed by atoms with Gasteiger partial charge < -0.3 is 15.8 Å². The van der Waals surface area contributed by atoms with Crippen LogP contribution in [-0.2, 0) is 16.1 Å².